The average Bonchev–Trinajstić information content (AvgIpc) is 3.07. The number of fused-ring (bicyclic) bond motifs is 1. The van der Waals surface area contributed by atoms with Crippen LogP contribution in [0.1, 0.15) is 42.3 Å². The first kappa shape index (κ1) is 25.5. The number of benzene rings is 2. The number of aliphatic hydroxyl groups is 1. The smallest absolute Gasteiger partial charge is 0.311 e. The number of carbonyl (C=O) groups is 1. The summed E-state index contributed by atoms with van der Waals surface area (Å²) in [7, 11) is -3.39. The fourth-order valence-electron chi connectivity index (χ4n) is 3.87. The molecule has 0 saturated carbocycles. The van der Waals surface area contributed by atoms with Gasteiger partial charge in [0, 0.05) is 35.8 Å². The second kappa shape index (κ2) is 10.9. The number of aliphatic carboxylic acids is 1. The van der Waals surface area contributed by atoms with Gasteiger partial charge < -0.3 is 24.7 Å². The summed E-state index contributed by atoms with van der Waals surface area (Å²) in [6, 6.07) is 11.9. The maximum absolute atomic E-state index is 11.6. The Balaban J connectivity index is 1.53. The van der Waals surface area contributed by atoms with E-state index in [1.807, 2.05) is 13.0 Å². The number of sulfonamides is 1. The molecular formula is C24H30N2O7S. The number of carboxylic acids is 1. The predicted molar refractivity (Wildman–Crippen MR) is 130 cm³/mol. The number of ether oxygens (including phenoxy) is 1. The largest absolute Gasteiger partial charge is 0.492 e. The summed E-state index contributed by atoms with van der Waals surface area (Å²) < 4.78 is 36.7. The van der Waals surface area contributed by atoms with Crippen molar-refractivity contribution >= 4 is 32.6 Å². The van der Waals surface area contributed by atoms with E-state index in [0.717, 1.165) is 11.6 Å². The van der Waals surface area contributed by atoms with E-state index in [1.165, 1.54) is 0 Å². The second-order valence-corrected chi connectivity index (χ2v) is 9.85. The van der Waals surface area contributed by atoms with Crippen molar-refractivity contribution in [1.29, 1.82) is 0 Å². The van der Waals surface area contributed by atoms with Gasteiger partial charge in [-0.05, 0) is 43.2 Å². The Hall–Kier alpha value is -3.08. The SMILES string of the molecule is CCC(C(=O)O)c1c(C)oc2cc(OCCNC[C@H](O)c3cccc(NS(C)(=O)=O)c3)ccc12. The van der Waals surface area contributed by atoms with Gasteiger partial charge in [0.25, 0.3) is 0 Å². The Labute approximate surface area is 198 Å². The molecule has 0 fully saturated rings. The van der Waals surface area contributed by atoms with Crippen LogP contribution in [-0.4, -0.2) is 50.6 Å². The van der Waals surface area contributed by atoms with Crippen LogP contribution >= 0.6 is 0 Å². The number of carboxylic acid groups (broad SMARTS) is 1. The van der Waals surface area contributed by atoms with Gasteiger partial charge in [-0.25, -0.2) is 8.42 Å². The number of furan rings is 1. The molecule has 9 nitrogen and oxygen atoms in total. The molecule has 0 spiro atoms. The highest BCUT2D eigenvalue weighted by atomic mass is 32.2. The summed E-state index contributed by atoms with van der Waals surface area (Å²) in [5, 5.41) is 23.8. The highest BCUT2D eigenvalue weighted by Gasteiger charge is 2.25. The molecule has 1 aromatic heterocycles. The molecule has 2 atom stereocenters. The number of aliphatic hydroxyl groups excluding tert-OH is 1. The maximum atomic E-state index is 11.6. The molecule has 1 unspecified atom stereocenters. The molecule has 34 heavy (non-hydrogen) atoms. The van der Waals surface area contributed by atoms with Crippen LogP contribution in [0.3, 0.4) is 0 Å². The van der Waals surface area contributed by atoms with E-state index in [1.54, 1.807) is 43.3 Å². The molecule has 0 bridgehead atoms. The van der Waals surface area contributed by atoms with Gasteiger partial charge in [0.05, 0.1) is 18.3 Å². The van der Waals surface area contributed by atoms with Crippen molar-refractivity contribution in [1.82, 2.24) is 5.32 Å². The number of aryl methyl sites for hydroxylation is 1. The molecule has 0 amide bonds. The topological polar surface area (TPSA) is 138 Å². The van der Waals surface area contributed by atoms with Crippen LogP contribution in [0, 0.1) is 6.92 Å². The molecule has 0 aliphatic rings. The minimum absolute atomic E-state index is 0.263. The van der Waals surface area contributed by atoms with E-state index in [9.17, 15) is 23.4 Å². The number of rotatable bonds is 12. The molecule has 10 heteroatoms. The first-order chi connectivity index (χ1) is 16.1. The van der Waals surface area contributed by atoms with Gasteiger partial charge in [-0.15, -0.1) is 0 Å². The Morgan fingerprint density at radius 1 is 1.21 bits per heavy atom. The first-order valence-electron chi connectivity index (χ1n) is 10.9. The van der Waals surface area contributed by atoms with Gasteiger partial charge in [0.1, 0.15) is 23.7 Å². The van der Waals surface area contributed by atoms with E-state index in [4.69, 9.17) is 9.15 Å². The highest BCUT2D eigenvalue weighted by molar-refractivity contribution is 7.92. The third-order valence-corrected chi connectivity index (χ3v) is 6.01. The summed E-state index contributed by atoms with van der Waals surface area (Å²) in [6.45, 7) is 4.67. The van der Waals surface area contributed by atoms with Crippen molar-refractivity contribution in [2.24, 2.45) is 0 Å². The fraction of sp³-hybridized carbons (Fsp3) is 0.375. The van der Waals surface area contributed by atoms with Gasteiger partial charge in [0.15, 0.2) is 0 Å². The number of anilines is 1. The predicted octanol–water partition coefficient (Wildman–Crippen LogP) is 3.39. The number of hydrogen-bond donors (Lipinski definition) is 4. The monoisotopic (exact) mass is 490 g/mol. The third kappa shape index (κ3) is 6.49. The second-order valence-electron chi connectivity index (χ2n) is 8.10. The summed E-state index contributed by atoms with van der Waals surface area (Å²) in [4.78, 5) is 11.6. The van der Waals surface area contributed by atoms with Crippen LogP contribution in [0.2, 0.25) is 0 Å². The van der Waals surface area contributed by atoms with E-state index < -0.39 is 28.0 Å². The van der Waals surface area contributed by atoms with E-state index in [-0.39, 0.29) is 6.54 Å². The zero-order valence-corrected chi connectivity index (χ0v) is 20.2. The Bertz CT molecular complexity index is 1250. The molecular weight excluding hydrogens is 460 g/mol. The van der Waals surface area contributed by atoms with Crippen LogP contribution < -0.4 is 14.8 Å². The van der Waals surface area contributed by atoms with Crippen LogP contribution in [0.5, 0.6) is 5.75 Å². The van der Waals surface area contributed by atoms with Gasteiger partial charge in [-0.3, -0.25) is 9.52 Å². The van der Waals surface area contributed by atoms with Crippen molar-refractivity contribution in [3.05, 3.63) is 59.4 Å². The zero-order chi connectivity index (χ0) is 24.9. The van der Waals surface area contributed by atoms with E-state index in [2.05, 4.69) is 10.0 Å². The lowest BCUT2D eigenvalue weighted by Gasteiger charge is -2.14. The van der Waals surface area contributed by atoms with Crippen molar-refractivity contribution in [2.45, 2.75) is 32.3 Å². The maximum Gasteiger partial charge on any atom is 0.311 e. The van der Waals surface area contributed by atoms with Crippen LogP contribution in [0.25, 0.3) is 11.0 Å². The molecule has 0 aliphatic carbocycles. The van der Waals surface area contributed by atoms with Crippen LogP contribution in [-0.2, 0) is 14.8 Å². The Kier molecular flexibility index (Phi) is 8.19. The molecule has 2 aromatic carbocycles. The van der Waals surface area contributed by atoms with Crippen molar-refractivity contribution in [2.75, 3.05) is 30.7 Å². The van der Waals surface area contributed by atoms with E-state index in [0.29, 0.717) is 53.5 Å². The molecule has 3 aromatic rings. The normalized spacial score (nSPS) is 13.5. The third-order valence-electron chi connectivity index (χ3n) is 5.40. The van der Waals surface area contributed by atoms with E-state index >= 15 is 0 Å². The highest BCUT2D eigenvalue weighted by Crippen LogP contribution is 2.35. The number of hydrogen-bond acceptors (Lipinski definition) is 7. The van der Waals surface area contributed by atoms with Gasteiger partial charge >= 0.3 is 5.97 Å². The van der Waals surface area contributed by atoms with Gasteiger partial charge in [-0.1, -0.05) is 19.1 Å². The molecule has 4 N–H and O–H groups in total. The van der Waals surface area contributed by atoms with Crippen LogP contribution in [0.15, 0.2) is 46.9 Å². The molecule has 0 saturated heterocycles. The summed E-state index contributed by atoms with van der Waals surface area (Å²) in [6.07, 6.45) is 0.723. The summed E-state index contributed by atoms with van der Waals surface area (Å²) in [5.41, 5.74) is 2.25. The van der Waals surface area contributed by atoms with Crippen LogP contribution in [0.4, 0.5) is 5.69 Å². The fourth-order valence-corrected chi connectivity index (χ4v) is 4.42. The minimum Gasteiger partial charge on any atom is -0.492 e. The molecule has 0 radical (unpaired) electrons. The van der Waals surface area contributed by atoms with Crippen molar-refractivity contribution in [3.63, 3.8) is 0 Å². The lowest BCUT2D eigenvalue weighted by atomic mass is 9.94. The minimum atomic E-state index is -3.39. The quantitative estimate of drug-likeness (QED) is 0.284. The lowest BCUT2D eigenvalue weighted by molar-refractivity contribution is -0.138. The van der Waals surface area contributed by atoms with Crippen molar-refractivity contribution < 1.29 is 32.6 Å². The zero-order valence-electron chi connectivity index (χ0n) is 19.4. The van der Waals surface area contributed by atoms with Crippen molar-refractivity contribution in [3.8, 4) is 5.75 Å². The summed E-state index contributed by atoms with van der Waals surface area (Å²) in [5.74, 6) is -0.308. The average molecular weight is 491 g/mol. The standard InChI is InChI=1S/C24H30N2O7S/c1-4-19(24(28)29)23-15(2)33-22-13-18(8-9-20(22)23)32-11-10-25-14-21(27)16-6-5-7-17(12-16)26-34(3,30)31/h5-9,12-13,19,21,25-27H,4,10-11,14H2,1-3H3,(H,28,29)/t19?,21-/m0/s1. The first-order valence-corrected chi connectivity index (χ1v) is 12.8. The Morgan fingerprint density at radius 3 is 2.65 bits per heavy atom. The molecule has 0 aliphatic heterocycles. The Morgan fingerprint density at radius 2 is 1.97 bits per heavy atom. The van der Waals surface area contributed by atoms with Gasteiger partial charge in [-0.2, -0.15) is 0 Å². The lowest BCUT2D eigenvalue weighted by Crippen LogP contribution is -2.26. The molecule has 3 rings (SSSR count). The molecule has 1 heterocycles. The number of nitrogens with one attached hydrogen (secondary N) is 2. The summed E-state index contributed by atoms with van der Waals surface area (Å²) >= 11 is 0. The molecule has 184 valence electrons. The van der Waals surface area contributed by atoms with Gasteiger partial charge in [0.2, 0.25) is 10.0 Å².